The summed E-state index contributed by atoms with van der Waals surface area (Å²) in [4.78, 5) is 24.3. The van der Waals surface area contributed by atoms with Gasteiger partial charge < -0.3 is 10.1 Å². The number of nitrogens with one attached hydrogen (secondary N) is 1. The van der Waals surface area contributed by atoms with E-state index in [1.165, 1.54) is 12.1 Å². The van der Waals surface area contributed by atoms with Crippen LogP contribution in [0.25, 0.3) is 6.08 Å². The number of para-hydroxylation sites is 1. The van der Waals surface area contributed by atoms with Crippen molar-refractivity contribution in [3.05, 3.63) is 65.7 Å². The zero-order valence-electron chi connectivity index (χ0n) is 13.3. The molecule has 1 amide bonds. The van der Waals surface area contributed by atoms with Crippen molar-refractivity contribution in [1.82, 2.24) is 0 Å². The van der Waals surface area contributed by atoms with Gasteiger partial charge in [-0.1, -0.05) is 18.2 Å². The molecule has 1 N–H and O–H groups in total. The average Bonchev–Trinajstić information content (AvgIpc) is 2.62. The molecule has 0 aliphatic heterocycles. The molecule has 0 radical (unpaired) electrons. The highest BCUT2D eigenvalue weighted by atomic mass is 32.2. The first kappa shape index (κ1) is 18.7. The van der Waals surface area contributed by atoms with Crippen LogP contribution >= 0.6 is 11.8 Å². The Morgan fingerprint density at radius 2 is 1.76 bits per heavy atom. The number of hydrogen-bond donors (Lipinski definition) is 1. The highest BCUT2D eigenvalue weighted by molar-refractivity contribution is 7.98. The van der Waals surface area contributed by atoms with Crippen LogP contribution in [-0.4, -0.2) is 24.7 Å². The van der Waals surface area contributed by atoms with Gasteiger partial charge in [0.05, 0.1) is 0 Å². The average molecular weight is 363 g/mol. The van der Waals surface area contributed by atoms with Gasteiger partial charge in [-0.3, -0.25) is 4.79 Å². The summed E-state index contributed by atoms with van der Waals surface area (Å²) in [6.07, 6.45) is 4.67. The fourth-order valence-corrected chi connectivity index (χ4v) is 2.27. The van der Waals surface area contributed by atoms with E-state index in [4.69, 9.17) is 4.74 Å². The molecule has 2 aromatic rings. The molecule has 4 nitrogen and oxygen atoms in total. The number of halogens is 2. The molecule has 130 valence electrons. The van der Waals surface area contributed by atoms with Crippen LogP contribution in [0.3, 0.4) is 0 Å². The fraction of sp³-hybridized carbons (Fsp3) is 0.111. The summed E-state index contributed by atoms with van der Waals surface area (Å²) in [5, 5.41) is 2.03. The van der Waals surface area contributed by atoms with E-state index in [2.05, 4.69) is 0 Å². The molecule has 0 saturated carbocycles. The molecule has 0 aromatic heterocycles. The van der Waals surface area contributed by atoms with E-state index in [1.807, 2.05) is 35.8 Å². The normalized spacial score (nSPS) is 10.7. The first-order chi connectivity index (χ1) is 12.0. The van der Waals surface area contributed by atoms with Crippen LogP contribution in [0.1, 0.15) is 5.56 Å². The van der Waals surface area contributed by atoms with Crippen molar-refractivity contribution in [2.45, 2.75) is 4.90 Å². The zero-order chi connectivity index (χ0) is 18.2. The quantitative estimate of drug-likeness (QED) is 0.481. The number of anilines is 1. The van der Waals surface area contributed by atoms with E-state index in [9.17, 15) is 18.4 Å². The lowest BCUT2D eigenvalue weighted by atomic mass is 10.2. The number of carbonyl (C=O) groups is 2. The molecule has 0 bridgehead atoms. The summed E-state index contributed by atoms with van der Waals surface area (Å²) < 4.78 is 31.5. The van der Waals surface area contributed by atoms with E-state index in [-0.39, 0.29) is 0 Å². The van der Waals surface area contributed by atoms with Crippen molar-refractivity contribution in [3.63, 3.8) is 0 Å². The number of ether oxygens (including phenoxy) is 1. The highest BCUT2D eigenvalue weighted by Crippen LogP contribution is 2.18. The van der Waals surface area contributed by atoms with Crippen LogP contribution in [0, 0.1) is 11.6 Å². The van der Waals surface area contributed by atoms with Gasteiger partial charge in [-0.15, -0.1) is 11.8 Å². The summed E-state index contributed by atoms with van der Waals surface area (Å²) in [7, 11) is 0. The number of rotatable bonds is 6. The molecule has 0 aliphatic rings. The van der Waals surface area contributed by atoms with Crippen LogP contribution in [-0.2, 0) is 14.3 Å². The van der Waals surface area contributed by atoms with Crippen molar-refractivity contribution in [2.24, 2.45) is 0 Å². The second-order valence-corrected chi connectivity index (χ2v) is 5.74. The molecule has 2 rings (SSSR count). The minimum absolute atomic E-state index is 0.576. The molecule has 0 aliphatic carbocycles. The van der Waals surface area contributed by atoms with Crippen LogP contribution < -0.4 is 5.32 Å². The number of amides is 1. The molecule has 2 aromatic carbocycles. The van der Waals surface area contributed by atoms with Crippen LogP contribution in [0.4, 0.5) is 14.5 Å². The maximum absolute atomic E-state index is 13.4. The van der Waals surface area contributed by atoms with Gasteiger partial charge in [0.1, 0.15) is 17.3 Å². The summed E-state index contributed by atoms with van der Waals surface area (Å²) in [5.41, 5.74) is 0.223. The molecular weight excluding hydrogens is 348 g/mol. The third kappa shape index (κ3) is 5.72. The lowest BCUT2D eigenvalue weighted by Crippen LogP contribution is -2.21. The van der Waals surface area contributed by atoms with Crippen LogP contribution in [0.5, 0.6) is 0 Å². The predicted octanol–water partition coefficient (Wildman–Crippen LogP) is 3.88. The third-order valence-electron chi connectivity index (χ3n) is 3.10. The summed E-state index contributed by atoms with van der Waals surface area (Å²) >= 11 is 1.60. The van der Waals surface area contributed by atoms with E-state index < -0.39 is 35.8 Å². The fourth-order valence-electron chi connectivity index (χ4n) is 1.86. The van der Waals surface area contributed by atoms with Gasteiger partial charge in [0.15, 0.2) is 6.61 Å². The Kier molecular flexibility index (Phi) is 6.71. The second kappa shape index (κ2) is 8.98. The maximum Gasteiger partial charge on any atom is 0.331 e. The van der Waals surface area contributed by atoms with E-state index in [0.717, 1.165) is 22.6 Å². The van der Waals surface area contributed by atoms with Gasteiger partial charge in [0.2, 0.25) is 0 Å². The smallest absolute Gasteiger partial charge is 0.331 e. The predicted molar refractivity (Wildman–Crippen MR) is 93.2 cm³/mol. The van der Waals surface area contributed by atoms with E-state index in [1.54, 1.807) is 17.8 Å². The summed E-state index contributed by atoms with van der Waals surface area (Å²) in [5.74, 6) is -3.39. The first-order valence-corrected chi connectivity index (χ1v) is 8.45. The Morgan fingerprint density at radius 1 is 1.12 bits per heavy atom. The van der Waals surface area contributed by atoms with Gasteiger partial charge in [-0.2, -0.15) is 0 Å². The lowest BCUT2D eigenvalue weighted by Gasteiger charge is -2.07. The Balaban J connectivity index is 1.84. The zero-order valence-corrected chi connectivity index (χ0v) is 14.1. The number of esters is 1. The highest BCUT2D eigenvalue weighted by Gasteiger charge is 2.12. The van der Waals surface area contributed by atoms with Gasteiger partial charge in [0, 0.05) is 11.0 Å². The number of thioether (sulfide) groups is 1. The van der Waals surface area contributed by atoms with Gasteiger partial charge in [0.25, 0.3) is 5.91 Å². The summed E-state index contributed by atoms with van der Waals surface area (Å²) in [6, 6.07) is 10.7. The van der Waals surface area contributed by atoms with Crippen molar-refractivity contribution in [1.29, 1.82) is 0 Å². The summed E-state index contributed by atoms with van der Waals surface area (Å²) in [6.45, 7) is -0.650. The topological polar surface area (TPSA) is 55.4 Å². The number of hydrogen-bond acceptors (Lipinski definition) is 4. The number of benzene rings is 2. The molecule has 0 fully saturated rings. The maximum atomic E-state index is 13.4. The minimum atomic E-state index is -0.909. The third-order valence-corrected chi connectivity index (χ3v) is 3.84. The Labute approximate surface area is 147 Å². The molecule has 0 atom stereocenters. The van der Waals surface area contributed by atoms with Crippen molar-refractivity contribution < 1.29 is 23.1 Å². The molecule has 7 heteroatoms. The standard InChI is InChI=1S/C18H15F2NO3S/c1-25-13-8-5-12(6-9-13)7-10-17(23)24-11-16(22)21-18-14(19)3-2-4-15(18)20/h2-10H,11H2,1H3,(H,21,22)/b10-7+. The van der Waals surface area contributed by atoms with Gasteiger partial charge in [-0.05, 0) is 42.2 Å². The largest absolute Gasteiger partial charge is 0.452 e. The van der Waals surface area contributed by atoms with E-state index >= 15 is 0 Å². The first-order valence-electron chi connectivity index (χ1n) is 7.22. The Bertz CT molecular complexity index is 771. The molecular formula is C18H15F2NO3S. The molecule has 25 heavy (non-hydrogen) atoms. The Morgan fingerprint density at radius 3 is 2.36 bits per heavy atom. The Hall–Kier alpha value is -2.67. The van der Waals surface area contributed by atoms with Crippen LogP contribution in [0.15, 0.2) is 53.4 Å². The molecule has 0 heterocycles. The minimum Gasteiger partial charge on any atom is -0.452 e. The molecule has 0 unspecified atom stereocenters. The monoisotopic (exact) mass is 363 g/mol. The van der Waals surface area contributed by atoms with Gasteiger partial charge >= 0.3 is 5.97 Å². The van der Waals surface area contributed by atoms with Crippen molar-refractivity contribution in [3.8, 4) is 0 Å². The lowest BCUT2D eigenvalue weighted by molar-refractivity contribution is -0.142. The second-order valence-electron chi connectivity index (χ2n) is 4.86. The van der Waals surface area contributed by atoms with Crippen molar-refractivity contribution >= 4 is 35.4 Å². The van der Waals surface area contributed by atoms with Gasteiger partial charge in [-0.25, -0.2) is 13.6 Å². The molecule has 0 spiro atoms. The SMILES string of the molecule is CSc1ccc(/C=C/C(=O)OCC(=O)Nc2c(F)cccc2F)cc1. The molecule has 0 saturated heterocycles. The van der Waals surface area contributed by atoms with E-state index in [0.29, 0.717) is 0 Å². The number of carbonyl (C=O) groups excluding carboxylic acids is 2. The van der Waals surface area contributed by atoms with Crippen LogP contribution in [0.2, 0.25) is 0 Å². The van der Waals surface area contributed by atoms with Crippen molar-refractivity contribution in [2.75, 3.05) is 18.2 Å².